The predicted octanol–water partition coefficient (Wildman–Crippen LogP) is 4.83. The van der Waals surface area contributed by atoms with Gasteiger partial charge in [-0.05, 0) is 61.6 Å². The molecule has 4 aromatic rings. The van der Waals surface area contributed by atoms with Gasteiger partial charge in [0.2, 0.25) is 5.91 Å². The normalized spacial score (nSPS) is 21.5. The van der Waals surface area contributed by atoms with E-state index in [0.29, 0.717) is 5.92 Å². The number of fused-ring (bicyclic) bond motifs is 2. The van der Waals surface area contributed by atoms with E-state index in [1.807, 2.05) is 66.3 Å². The summed E-state index contributed by atoms with van der Waals surface area (Å²) in [5, 5.41) is 12.4. The molecule has 0 saturated carbocycles. The van der Waals surface area contributed by atoms with Crippen molar-refractivity contribution in [3.8, 4) is 22.8 Å². The molecular formula is C29H33N7O2. The molecule has 0 radical (unpaired) electrons. The summed E-state index contributed by atoms with van der Waals surface area (Å²) in [4.78, 5) is 24.2. The molecule has 2 aliphatic rings. The SMILES string of the molecule is CNc1ncnc2c1c(-c1ccc(Oc3ccccc3)cc1)nn2C1CCC2NC(=O)C(CC(C)C)N2C1. The van der Waals surface area contributed by atoms with Gasteiger partial charge in [0.25, 0.3) is 0 Å². The smallest absolute Gasteiger partial charge is 0.238 e. The molecule has 2 aromatic heterocycles. The van der Waals surface area contributed by atoms with E-state index in [9.17, 15) is 4.79 Å². The molecular weight excluding hydrogens is 478 g/mol. The minimum absolute atomic E-state index is 0.0937. The molecule has 38 heavy (non-hydrogen) atoms. The summed E-state index contributed by atoms with van der Waals surface area (Å²) in [6, 6.07) is 17.7. The molecule has 9 heteroatoms. The number of nitrogens with zero attached hydrogens (tertiary/aromatic N) is 5. The Morgan fingerprint density at radius 1 is 1.05 bits per heavy atom. The predicted molar refractivity (Wildman–Crippen MR) is 147 cm³/mol. The Morgan fingerprint density at radius 3 is 2.55 bits per heavy atom. The van der Waals surface area contributed by atoms with E-state index in [2.05, 4.69) is 39.3 Å². The molecule has 2 fully saturated rings. The van der Waals surface area contributed by atoms with Crippen LogP contribution in [0.5, 0.6) is 11.5 Å². The fraction of sp³-hybridized carbons (Fsp3) is 0.379. The highest BCUT2D eigenvalue weighted by Crippen LogP contribution is 2.37. The zero-order chi connectivity index (χ0) is 26.2. The maximum absolute atomic E-state index is 12.7. The standard InChI is InChI=1S/C29H33N7O2/c1-18(2)15-23-29(37)33-24-14-11-20(16-35(23)24)36-28-25(27(30-3)31-17-32-28)26(34-36)19-9-12-22(13-10-19)38-21-7-5-4-6-8-21/h4-10,12-13,17-18,20,23-24H,11,14-16H2,1-3H3,(H,33,37)(H,30,31,32). The monoisotopic (exact) mass is 511 g/mol. The van der Waals surface area contributed by atoms with Crippen molar-refractivity contribution in [2.45, 2.75) is 51.4 Å². The van der Waals surface area contributed by atoms with Gasteiger partial charge in [-0.3, -0.25) is 9.69 Å². The number of anilines is 1. The molecule has 3 unspecified atom stereocenters. The molecule has 0 aliphatic carbocycles. The maximum atomic E-state index is 12.7. The lowest BCUT2D eigenvalue weighted by Gasteiger charge is -2.37. The van der Waals surface area contributed by atoms with E-state index in [1.54, 1.807) is 6.33 Å². The first-order chi connectivity index (χ1) is 18.5. The largest absolute Gasteiger partial charge is 0.457 e. The third-order valence-corrected chi connectivity index (χ3v) is 7.48. The second-order valence-corrected chi connectivity index (χ2v) is 10.5. The Morgan fingerprint density at radius 2 is 1.82 bits per heavy atom. The molecule has 0 bridgehead atoms. The highest BCUT2D eigenvalue weighted by atomic mass is 16.5. The Balaban J connectivity index is 1.34. The van der Waals surface area contributed by atoms with Crippen molar-refractivity contribution in [3.63, 3.8) is 0 Å². The van der Waals surface area contributed by atoms with E-state index in [0.717, 1.165) is 65.4 Å². The van der Waals surface area contributed by atoms with Gasteiger partial charge in [-0.25, -0.2) is 14.6 Å². The van der Waals surface area contributed by atoms with E-state index >= 15 is 0 Å². The summed E-state index contributed by atoms with van der Waals surface area (Å²) >= 11 is 0. The first-order valence-electron chi connectivity index (χ1n) is 13.3. The van der Waals surface area contributed by atoms with Crippen LogP contribution in [-0.2, 0) is 4.79 Å². The number of benzene rings is 2. The van der Waals surface area contributed by atoms with Crippen molar-refractivity contribution >= 4 is 22.8 Å². The summed E-state index contributed by atoms with van der Waals surface area (Å²) in [5.74, 6) is 2.89. The molecule has 9 nitrogen and oxygen atoms in total. The van der Waals surface area contributed by atoms with Gasteiger partial charge in [-0.1, -0.05) is 32.0 Å². The number of ether oxygens (including phenoxy) is 1. The highest BCUT2D eigenvalue weighted by molar-refractivity contribution is 5.99. The Bertz CT molecular complexity index is 1430. The number of aromatic nitrogens is 4. The fourth-order valence-corrected chi connectivity index (χ4v) is 5.70. The van der Waals surface area contributed by atoms with Gasteiger partial charge in [0, 0.05) is 19.2 Å². The van der Waals surface area contributed by atoms with Crippen LogP contribution in [-0.4, -0.2) is 56.4 Å². The average molecular weight is 512 g/mol. The van der Waals surface area contributed by atoms with Crippen LogP contribution < -0.4 is 15.4 Å². The summed E-state index contributed by atoms with van der Waals surface area (Å²) in [6.07, 6.45) is 4.33. The summed E-state index contributed by atoms with van der Waals surface area (Å²) in [6.45, 7) is 5.09. The van der Waals surface area contributed by atoms with Crippen LogP contribution in [0, 0.1) is 5.92 Å². The van der Waals surface area contributed by atoms with Crippen molar-refractivity contribution in [3.05, 3.63) is 60.9 Å². The van der Waals surface area contributed by atoms with Crippen molar-refractivity contribution in [1.82, 2.24) is 30.0 Å². The summed E-state index contributed by atoms with van der Waals surface area (Å²) < 4.78 is 8.04. The van der Waals surface area contributed by atoms with Crippen LogP contribution in [0.15, 0.2) is 60.9 Å². The lowest BCUT2D eigenvalue weighted by atomic mass is 9.99. The van der Waals surface area contributed by atoms with Gasteiger partial charge < -0.3 is 15.4 Å². The van der Waals surface area contributed by atoms with E-state index in [1.165, 1.54) is 0 Å². The third-order valence-electron chi connectivity index (χ3n) is 7.48. The number of hydrogen-bond acceptors (Lipinski definition) is 7. The van der Waals surface area contributed by atoms with Gasteiger partial charge in [0.15, 0.2) is 5.65 Å². The first-order valence-corrected chi connectivity index (χ1v) is 13.3. The first kappa shape index (κ1) is 24.4. The van der Waals surface area contributed by atoms with Gasteiger partial charge in [0.05, 0.1) is 23.6 Å². The number of hydrogen-bond donors (Lipinski definition) is 2. The number of carbonyl (C=O) groups is 1. The van der Waals surface area contributed by atoms with Crippen LogP contribution in [0.3, 0.4) is 0 Å². The van der Waals surface area contributed by atoms with Gasteiger partial charge in [0.1, 0.15) is 29.3 Å². The minimum Gasteiger partial charge on any atom is -0.457 e. The van der Waals surface area contributed by atoms with Gasteiger partial charge in [-0.2, -0.15) is 5.10 Å². The molecule has 2 saturated heterocycles. The number of amides is 1. The van der Waals surface area contributed by atoms with Crippen LogP contribution in [0.2, 0.25) is 0 Å². The van der Waals surface area contributed by atoms with Gasteiger partial charge >= 0.3 is 0 Å². The lowest BCUT2D eigenvalue weighted by molar-refractivity contribution is -0.122. The quantitative estimate of drug-likeness (QED) is 0.367. The number of rotatable bonds is 7. The summed E-state index contributed by atoms with van der Waals surface area (Å²) in [7, 11) is 1.86. The van der Waals surface area contributed by atoms with Crippen LogP contribution >= 0.6 is 0 Å². The highest BCUT2D eigenvalue weighted by Gasteiger charge is 2.44. The van der Waals surface area contributed by atoms with Crippen molar-refractivity contribution < 1.29 is 9.53 Å². The van der Waals surface area contributed by atoms with Crippen molar-refractivity contribution in [2.75, 3.05) is 18.9 Å². The zero-order valence-electron chi connectivity index (χ0n) is 22.0. The number of carbonyl (C=O) groups excluding carboxylic acids is 1. The molecule has 2 aromatic carbocycles. The second-order valence-electron chi connectivity index (χ2n) is 10.5. The van der Waals surface area contributed by atoms with Crippen molar-refractivity contribution in [2.24, 2.45) is 5.92 Å². The molecule has 2 N–H and O–H groups in total. The number of nitrogens with one attached hydrogen (secondary N) is 2. The minimum atomic E-state index is -0.0937. The van der Waals surface area contributed by atoms with Crippen LogP contribution in [0.4, 0.5) is 5.82 Å². The maximum Gasteiger partial charge on any atom is 0.238 e. The summed E-state index contributed by atoms with van der Waals surface area (Å²) in [5.41, 5.74) is 2.59. The second kappa shape index (κ2) is 10.1. The lowest BCUT2D eigenvalue weighted by Crippen LogP contribution is -2.47. The Kier molecular flexibility index (Phi) is 6.45. The molecule has 196 valence electrons. The zero-order valence-corrected chi connectivity index (χ0v) is 22.0. The Hall–Kier alpha value is -3.98. The Labute approximate surface area is 222 Å². The molecule has 0 spiro atoms. The average Bonchev–Trinajstić information content (AvgIpc) is 3.47. The molecule has 6 rings (SSSR count). The van der Waals surface area contributed by atoms with Crippen LogP contribution in [0.1, 0.15) is 39.2 Å². The molecule has 2 aliphatic heterocycles. The van der Waals surface area contributed by atoms with E-state index in [4.69, 9.17) is 9.84 Å². The number of piperidine rings is 1. The third kappa shape index (κ3) is 4.47. The van der Waals surface area contributed by atoms with E-state index in [-0.39, 0.29) is 24.2 Å². The van der Waals surface area contributed by atoms with Crippen LogP contribution in [0.25, 0.3) is 22.3 Å². The molecule has 3 atom stereocenters. The van der Waals surface area contributed by atoms with Gasteiger partial charge in [-0.15, -0.1) is 0 Å². The number of para-hydroxylation sites is 1. The molecule has 4 heterocycles. The van der Waals surface area contributed by atoms with E-state index < -0.39 is 0 Å². The molecule has 1 amide bonds. The topological polar surface area (TPSA) is 97.2 Å². The van der Waals surface area contributed by atoms with Crippen molar-refractivity contribution in [1.29, 1.82) is 0 Å². The fourth-order valence-electron chi connectivity index (χ4n) is 5.70.